The first kappa shape index (κ1) is 14.9. The molecular weight excluding hydrogens is 300 g/mol. The summed E-state index contributed by atoms with van der Waals surface area (Å²) in [6, 6.07) is 15.7. The first-order chi connectivity index (χ1) is 11.6. The first-order valence-corrected chi connectivity index (χ1v) is 8.40. The Morgan fingerprint density at radius 1 is 1.08 bits per heavy atom. The number of benzene rings is 2. The van der Waals surface area contributed by atoms with Crippen LogP contribution < -0.4 is 10.2 Å². The summed E-state index contributed by atoms with van der Waals surface area (Å²) in [4.78, 5) is 27.0. The lowest BCUT2D eigenvalue weighted by molar-refractivity contribution is -0.123. The molecule has 2 atom stereocenters. The van der Waals surface area contributed by atoms with Gasteiger partial charge >= 0.3 is 0 Å². The molecule has 2 unspecified atom stereocenters. The van der Waals surface area contributed by atoms with E-state index >= 15 is 0 Å². The highest BCUT2D eigenvalue weighted by molar-refractivity contribution is 6.05. The van der Waals surface area contributed by atoms with Crippen molar-refractivity contribution in [2.75, 3.05) is 16.8 Å². The van der Waals surface area contributed by atoms with Gasteiger partial charge in [-0.15, -0.1) is 0 Å². The summed E-state index contributed by atoms with van der Waals surface area (Å²) in [5.41, 5.74) is 4.12. The topological polar surface area (TPSA) is 49.4 Å². The number of rotatable bonds is 3. The van der Waals surface area contributed by atoms with Gasteiger partial charge in [-0.25, -0.2) is 0 Å². The molecule has 0 spiro atoms. The highest BCUT2D eigenvalue weighted by Crippen LogP contribution is 2.43. The van der Waals surface area contributed by atoms with E-state index in [0.717, 1.165) is 29.9 Å². The van der Waals surface area contributed by atoms with Crippen LogP contribution in [-0.4, -0.2) is 18.4 Å². The molecule has 4 nitrogen and oxygen atoms in total. The van der Waals surface area contributed by atoms with Gasteiger partial charge in [0.05, 0.1) is 11.8 Å². The standard InChI is InChI=1S/C20H20N2O2/c1-13-5-4-7-15(11-13)21-19(23)16-12-17(16)20(24)22-10-9-14-6-2-3-8-18(14)22/h2-8,11,16-17H,9-10,12H2,1H3,(H,21,23). The third-order valence-corrected chi connectivity index (χ3v) is 4.88. The minimum atomic E-state index is -0.203. The number of para-hydroxylation sites is 1. The molecule has 1 saturated carbocycles. The van der Waals surface area contributed by atoms with Crippen LogP contribution in [0.3, 0.4) is 0 Å². The second kappa shape index (κ2) is 5.78. The Balaban J connectivity index is 1.41. The van der Waals surface area contributed by atoms with E-state index < -0.39 is 0 Å². The van der Waals surface area contributed by atoms with Crippen molar-refractivity contribution in [2.24, 2.45) is 11.8 Å². The molecule has 4 heteroatoms. The van der Waals surface area contributed by atoms with Crippen LogP contribution in [0.4, 0.5) is 11.4 Å². The van der Waals surface area contributed by atoms with E-state index in [0.29, 0.717) is 6.42 Å². The van der Waals surface area contributed by atoms with Gasteiger partial charge in [0, 0.05) is 17.9 Å². The molecule has 1 N–H and O–H groups in total. The summed E-state index contributed by atoms with van der Waals surface area (Å²) in [5.74, 6) is -0.345. The van der Waals surface area contributed by atoms with Crippen LogP contribution in [0, 0.1) is 18.8 Å². The average molecular weight is 320 g/mol. The van der Waals surface area contributed by atoms with Crippen LogP contribution in [0.15, 0.2) is 48.5 Å². The lowest BCUT2D eigenvalue weighted by Gasteiger charge is -2.17. The molecule has 2 amide bonds. The van der Waals surface area contributed by atoms with Gasteiger partial charge in [0.2, 0.25) is 11.8 Å². The lowest BCUT2D eigenvalue weighted by Crippen LogP contribution is -2.31. The van der Waals surface area contributed by atoms with Crippen molar-refractivity contribution >= 4 is 23.2 Å². The largest absolute Gasteiger partial charge is 0.326 e. The maximum Gasteiger partial charge on any atom is 0.230 e. The molecule has 1 fully saturated rings. The molecule has 2 aliphatic rings. The van der Waals surface area contributed by atoms with Gasteiger partial charge in [0.1, 0.15) is 0 Å². The van der Waals surface area contributed by atoms with Crippen molar-refractivity contribution in [2.45, 2.75) is 19.8 Å². The summed E-state index contributed by atoms with van der Waals surface area (Å²) in [7, 11) is 0. The Kier molecular flexibility index (Phi) is 3.60. The number of carbonyl (C=O) groups excluding carboxylic acids is 2. The van der Waals surface area contributed by atoms with E-state index in [9.17, 15) is 9.59 Å². The van der Waals surface area contributed by atoms with Crippen molar-refractivity contribution in [3.05, 3.63) is 59.7 Å². The van der Waals surface area contributed by atoms with E-state index in [-0.39, 0.29) is 23.7 Å². The zero-order valence-corrected chi connectivity index (χ0v) is 13.7. The van der Waals surface area contributed by atoms with Crippen molar-refractivity contribution < 1.29 is 9.59 Å². The minimum absolute atomic E-state index is 0.0496. The summed E-state index contributed by atoms with van der Waals surface area (Å²) >= 11 is 0. The quantitative estimate of drug-likeness (QED) is 0.944. The summed E-state index contributed by atoms with van der Waals surface area (Å²) in [6.07, 6.45) is 1.55. The number of fused-ring (bicyclic) bond motifs is 1. The molecule has 24 heavy (non-hydrogen) atoms. The SMILES string of the molecule is Cc1cccc(NC(=O)C2CC2C(=O)N2CCc3ccccc32)c1. The Morgan fingerprint density at radius 3 is 2.75 bits per heavy atom. The number of hydrogen-bond donors (Lipinski definition) is 1. The number of carbonyl (C=O) groups is 2. The summed E-state index contributed by atoms with van der Waals surface area (Å²) in [6.45, 7) is 2.71. The molecule has 0 bridgehead atoms. The maximum atomic E-state index is 12.7. The van der Waals surface area contributed by atoms with Crippen LogP contribution in [0.5, 0.6) is 0 Å². The van der Waals surface area contributed by atoms with Crippen LogP contribution in [0.2, 0.25) is 0 Å². The Morgan fingerprint density at radius 2 is 1.92 bits per heavy atom. The predicted molar refractivity (Wildman–Crippen MR) is 93.9 cm³/mol. The molecule has 1 aliphatic heterocycles. The van der Waals surface area contributed by atoms with Crippen LogP contribution in [0.25, 0.3) is 0 Å². The van der Waals surface area contributed by atoms with Gasteiger partial charge in [0.15, 0.2) is 0 Å². The number of anilines is 2. The number of amides is 2. The van der Waals surface area contributed by atoms with E-state index in [1.807, 2.05) is 54.3 Å². The molecule has 0 radical (unpaired) electrons. The van der Waals surface area contributed by atoms with Gasteiger partial charge in [-0.2, -0.15) is 0 Å². The zero-order chi connectivity index (χ0) is 16.7. The monoisotopic (exact) mass is 320 g/mol. The molecule has 2 aromatic carbocycles. The number of hydrogen-bond acceptors (Lipinski definition) is 2. The minimum Gasteiger partial charge on any atom is -0.326 e. The van der Waals surface area contributed by atoms with Crippen LogP contribution in [-0.2, 0) is 16.0 Å². The van der Waals surface area contributed by atoms with E-state index in [1.165, 1.54) is 5.56 Å². The van der Waals surface area contributed by atoms with Gasteiger partial charge < -0.3 is 10.2 Å². The second-order valence-corrected chi connectivity index (χ2v) is 6.68. The maximum absolute atomic E-state index is 12.7. The van der Waals surface area contributed by atoms with Crippen LogP contribution in [0.1, 0.15) is 17.5 Å². The molecule has 2 aromatic rings. The molecule has 4 rings (SSSR count). The average Bonchev–Trinajstić information content (AvgIpc) is 3.27. The fraction of sp³-hybridized carbons (Fsp3) is 0.300. The third kappa shape index (κ3) is 2.68. The Hall–Kier alpha value is -2.62. The highest BCUT2D eigenvalue weighted by Gasteiger charge is 2.50. The molecular formula is C20H20N2O2. The van der Waals surface area contributed by atoms with Gasteiger partial charge in [-0.1, -0.05) is 30.3 Å². The van der Waals surface area contributed by atoms with Gasteiger partial charge in [-0.3, -0.25) is 9.59 Å². The van der Waals surface area contributed by atoms with Gasteiger partial charge in [0.25, 0.3) is 0 Å². The summed E-state index contributed by atoms with van der Waals surface area (Å²) in [5, 5.41) is 2.93. The number of nitrogens with one attached hydrogen (secondary N) is 1. The Labute approximate surface area is 141 Å². The van der Waals surface area contributed by atoms with Gasteiger partial charge in [-0.05, 0) is 49.1 Å². The molecule has 1 aliphatic carbocycles. The lowest BCUT2D eigenvalue weighted by atomic mass is 10.2. The third-order valence-electron chi connectivity index (χ3n) is 4.88. The van der Waals surface area contributed by atoms with Crippen LogP contribution >= 0.6 is 0 Å². The molecule has 1 heterocycles. The van der Waals surface area contributed by atoms with Crippen molar-refractivity contribution in [1.29, 1.82) is 0 Å². The summed E-state index contributed by atoms with van der Waals surface area (Å²) < 4.78 is 0. The van der Waals surface area contributed by atoms with Crippen molar-refractivity contribution in [3.63, 3.8) is 0 Å². The molecule has 122 valence electrons. The van der Waals surface area contributed by atoms with E-state index in [1.54, 1.807) is 0 Å². The number of nitrogens with zero attached hydrogens (tertiary/aromatic N) is 1. The van der Waals surface area contributed by atoms with E-state index in [2.05, 4.69) is 11.4 Å². The zero-order valence-electron chi connectivity index (χ0n) is 13.7. The Bertz CT molecular complexity index is 815. The molecule has 0 aromatic heterocycles. The first-order valence-electron chi connectivity index (χ1n) is 8.40. The second-order valence-electron chi connectivity index (χ2n) is 6.68. The van der Waals surface area contributed by atoms with Crippen molar-refractivity contribution in [1.82, 2.24) is 0 Å². The normalized spacial score (nSPS) is 21.3. The van der Waals surface area contributed by atoms with Crippen molar-refractivity contribution in [3.8, 4) is 0 Å². The van der Waals surface area contributed by atoms with E-state index in [4.69, 9.17) is 0 Å². The fourth-order valence-electron chi connectivity index (χ4n) is 3.48. The predicted octanol–water partition coefficient (Wildman–Crippen LogP) is 3.16. The smallest absolute Gasteiger partial charge is 0.230 e. The number of aryl methyl sites for hydroxylation is 1. The molecule has 0 saturated heterocycles. The fourth-order valence-corrected chi connectivity index (χ4v) is 3.48. The highest BCUT2D eigenvalue weighted by atomic mass is 16.2.